The number of halogens is 3. The van der Waals surface area contributed by atoms with E-state index in [9.17, 15) is 18.0 Å². The van der Waals surface area contributed by atoms with Crippen molar-refractivity contribution in [1.82, 2.24) is 30.0 Å². The molecule has 1 amide bonds. The molecule has 2 aromatic rings. The zero-order chi connectivity index (χ0) is 24.9. The van der Waals surface area contributed by atoms with Gasteiger partial charge in [-0.15, -0.1) is 21.5 Å². The Labute approximate surface area is 199 Å². The molecule has 2 aromatic heterocycles. The molecule has 0 aliphatic carbocycles. The van der Waals surface area contributed by atoms with Crippen LogP contribution >= 0.6 is 11.3 Å². The molecule has 9 nitrogen and oxygen atoms in total. The number of aryl methyl sites for hydroxylation is 2. The summed E-state index contributed by atoms with van der Waals surface area (Å²) in [6.07, 6.45) is 0.236. The number of hydrogen-bond donors (Lipinski definition) is 2. The van der Waals surface area contributed by atoms with Crippen molar-refractivity contribution in [3.8, 4) is 0 Å². The highest BCUT2D eigenvalue weighted by molar-refractivity contribution is 7.09. The van der Waals surface area contributed by atoms with Gasteiger partial charge in [-0.25, -0.2) is 9.78 Å². The van der Waals surface area contributed by atoms with Gasteiger partial charge in [0.1, 0.15) is 5.82 Å². The predicted molar refractivity (Wildman–Crippen MR) is 118 cm³/mol. The molecule has 4 heterocycles. The van der Waals surface area contributed by atoms with Crippen molar-refractivity contribution in [2.24, 2.45) is 5.41 Å². The quantitative estimate of drug-likeness (QED) is 0.646. The lowest BCUT2D eigenvalue weighted by atomic mass is 9.73. The first-order valence-electron chi connectivity index (χ1n) is 11.2. The van der Waals surface area contributed by atoms with Gasteiger partial charge in [-0.1, -0.05) is 6.92 Å². The van der Waals surface area contributed by atoms with E-state index in [0.29, 0.717) is 12.4 Å². The summed E-state index contributed by atoms with van der Waals surface area (Å²) in [6, 6.07) is 0. The fourth-order valence-corrected chi connectivity index (χ4v) is 5.06. The summed E-state index contributed by atoms with van der Waals surface area (Å²) >= 11 is 1.76. The summed E-state index contributed by atoms with van der Waals surface area (Å²) < 4.78 is 33.8. The molecule has 1 spiro atoms. The Hall–Kier alpha value is -2.54. The number of thiazole rings is 1. The van der Waals surface area contributed by atoms with Gasteiger partial charge < -0.3 is 15.0 Å². The second-order valence-corrected chi connectivity index (χ2v) is 9.66. The monoisotopic (exact) mass is 502 g/mol. The van der Waals surface area contributed by atoms with Crippen LogP contribution in [0.4, 0.5) is 13.2 Å². The average Bonchev–Trinajstić information content (AvgIpc) is 3.39. The van der Waals surface area contributed by atoms with Crippen molar-refractivity contribution < 1.29 is 27.9 Å². The van der Waals surface area contributed by atoms with Gasteiger partial charge in [0.15, 0.2) is 0 Å². The number of piperidine rings is 1. The summed E-state index contributed by atoms with van der Waals surface area (Å²) in [7, 11) is 0. The smallest absolute Gasteiger partial charge is 0.475 e. The minimum Gasteiger partial charge on any atom is -0.475 e. The molecule has 34 heavy (non-hydrogen) atoms. The molecule has 2 aliphatic heterocycles. The van der Waals surface area contributed by atoms with E-state index in [0.717, 1.165) is 57.0 Å². The lowest BCUT2D eigenvalue weighted by molar-refractivity contribution is -0.192. The van der Waals surface area contributed by atoms with E-state index in [2.05, 4.69) is 43.8 Å². The Balaban J connectivity index is 0.000000406. The van der Waals surface area contributed by atoms with Crippen LogP contribution in [0.5, 0.6) is 0 Å². The van der Waals surface area contributed by atoms with Crippen LogP contribution in [0.1, 0.15) is 59.6 Å². The van der Waals surface area contributed by atoms with E-state index in [4.69, 9.17) is 9.90 Å². The number of nitrogens with zero attached hydrogens (tertiary/aromatic N) is 5. The highest BCUT2D eigenvalue weighted by Gasteiger charge is 2.40. The molecule has 2 aliphatic rings. The number of carboxylic acids is 1. The van der Waals surface area contributed by atoms with E-state index >= 15 is 0 Å². The van der Waals surface area contributed by atoms with E-state index in [1.807, 2.05) is 5.51 Å². The van der Waals surface area contributed by atoms with Gasteiger partial charge in [0.05, 0.1) is 11.2 Å². The van der Waals surface area contributed by atoms with Crippen molar-refractivity contribution in [3.05, 3.63) is 27.7 Å². The Morgan fingerprint density at radius 1 is 1.24 bits per heavy atom. The third-order valence-corrected chi connectivity index (χ3v) is 7.23. The molecule has 188 valence electrons. The van der Waals surface area contributed by atoms with Gasteiger partial charge in [-0.2, -0.15) is 13.2 Å². The normalized spacial score (nSPS) is 17.6. The number of hydrogen-bond acceptors (Lipinski definition) is 7. The summed E-state index contributed by atoms with van der Waals surface area (Å²) in [6.45, 7) is 8.91. The van der Waals surface area contributed by atoms with Crippen LogP contribution in [0.2, 0.25) is 0 Å². The first-order valence-corrected chi connectivity index (χ1v) is 12.0. The molecular weight excluding hydrogens is 473 g/mol. The topological polar surface area (TPSA) is 113 Å². The number of aromatic nitrogens is 4. The van der Waals surface area contributed by atoms with Crippen LogP contribution in [0.15, 0.2) is 5.51 Å². The van der Waals surface area contributed by atoms with E-state index in [1.54, 1.807) is 11.3 Å². The third kappa shape index (κ3) is 6.32. The molecule has 2 N–H and O–H groups in total. The van der Waals surface area contributed by atoms with Gasteiger partial charge in [0.25, 0.3) is 5.91 Å². The van der Waals surface area contributed by atoms with Gasteiger partial charge in [0, 0.05) is 30.9 Å². The molecule has 0 radical (unpaired) electrons. The summed E-state index contributed by atoms with van der Waals surface area (Å²) in [5.74, 6) is -1.40. The molecule has 0 unspecified atom stereocenters. The number of carbonyl (C=O) groups excluding carboxylic acids is 1. The second-order valence-electron chi connectivity index (χ2n) is 8.72. The zero-order valence-corrected chi connectivity index (χ0v) is 20.0. The van der Waals surface area contributed by atoms with Gasteiger partial charge in [-0.05, 0) is 51.1 Å². The van der Waals surface area contributed by atoms with Crippen LogP contribution in [-0.4, -0.2) is 67.4 Å². The minimum atomic E-state index is -5.08. The van der Waals surface area contributed by atoms with Gasteiger partial charge >= 0.3 is 12.1 Å². The van der Waals surface area contributed by atoms with E-state index < -0.39 is 12.1 Å². The molecule has 0 atom stereocenters. The highest BCUT2D eigenvalue weighted by atomic mass is 32.1. The maximum atomic E-state index is 12.4. The average molecular weight is 503 g/mol. The number of likely N-dealkylation sites (tertiary alicyclic amines) is 1. The third-order valence-electron chi connectivity index (χ3n) is 6.31. The first-order chi connectivity index (χ1) is 16.0. The zero-order valence-electron chi connectivity index (χ0n) is 19.2. The fourth-order valence-electron chi connectivity index (χ4n) is 4.24. The van der Waals surface area contributed by atoms with Crippen LogP contribution < -0.4 is 5.32 Å². The molecule has 0 aromatic carbocycles. The maximum Gasteiger partial charge on any atom is 0.490 e. The fraction of sp³-hybridized carbons (Fsp3) is 0.667. The van der Waals surface area contributed by atoms with Gasteiger partial charge in [-0.3, -0.25) is 9.69 Å². The van der Waals surface area contributed by atoms with Crippen LogP contribution in [0.25, 0.3) is 0 Å². The van der Waals surface area contributed by atoms with E-state index in [-0.39, 0.29) is 11.3 Å². The lowest BCUT2D eigenvalue weighted by Crippen LogP contribution is -2.44. The minimum absolute atomic E-state index is 0.0919. The number of alkyl halides is 3. The Morgan fingerprint density at radius 3 is 2.47 bits per heavy atom. The standard InChI is InChI=1S/C19H28N6OS.C2HF3O2/c1-3-8-20-18(26)17-23-22-16-4-5-19(12-25(16)17)6-9-24(10-7-19)11-15-14(2)21-13-27-15;3-2(4,5)1(6)7/h13H,3-12H2,1-2H3,(H,20,26);(H,6,7). The number of rotatable bonds is 5. The highest BCUT2D eigenvalue weighted by Crippen LogP contribution is 2.41. The number of fused-ring (bicyclic) bond motifs is 1. The SMILES string of the molecule is CCCNC(=O)c1nnc2n1CC1(CC2)CCN(Cc2scnc2C)CC1.O=C(O)C(F)(F)F. The van der Waals surface area contributed by atoms with Crippen molar-refractivity contribution in [2.75, 3.05) is 19.6 Å². The molecular formula is C21H29F3N6O3S. The molecule has 1 saturated heterocycles. The number of amides is 1. The van der Waals surface area contributed by atoms with Gasteiger partial charge in [0.2, 0.25) is 5.82 Å². The molecule has 0 bridgehead atoms. The number of aliphatic carboxylic acids is 1. The maximum absolute atomic E-state index is 12.4. The summed E-state index contributed by atoms with van der Waals surface area (Å²) in [5.41, 5.74) is 3.37. The number of carboxylic acid groups (broad SMARTS) is 1. The van der Waals surface area contributed by atoms with Crippen molar-refractivity contribution in [1.29, 1.82) is 0 Å². The molecule has 0 saturated carbocycles. The van der Waals surface area contributed by atoms with Crippen molar-refractivity contribution in [3.63, 3.8) is 0 Å². The van der Waals surface area contributed by atoms with E-state index in [1.165, 1.54) is 17.7 Å². The number of carbonyl (C=O) groups is 2. The Morgan fingerprint density at radius 2 is 1.91 bits per heavy atom. The summed E-state index contributed by atoms with van der Waals surface area (Å²) in [4.78, 5) is 29.6. The Kier molecular flexibility index (Phi) is 8.29. The lowest BCUT2D eigenvalue weighted by Gasteiger charge is -2.44. The number of nitrogens with one attached hydrogen (secondary N) is 1. The summed E-state index contributed by atoms with van der Waals surface area (Å²) in [5, 5.41) is 18.5. The Bertz CT molecular complexity index is 998. The molecule has 4 rings (SSSR count). The van der Waals surface area contributed by atoms with Crippen molar-refractivity contribution in [2.45, 2.75) is 65.2 Å². The first kappa shape index (κ1) is 26.1. The molecule has 1 fully saturated rings. The second kappa shape index (κ2) is 10.8. The molecule has 13 heteroatoms. The van der Waals surface area contributed by atoms with Crippen LogP contribution in [0.3, 0.4) is 0 Å². The van der Waals surface area contributed by atoms with Crippen molar-refractivity contribution >= 4 is 23.2 Å². The van der Waals surface area contributed by atoms with Crippen LogP contribution in [-0.2, 0) is 24.3 Å². The largest absolute Gasteiger partial charge is 0.490 e. The predicted octanol–water partition coefficient (Wildman–Crippen LogP) is 3.04. The van der Waals surface area contributed by atoms with Crippen LogP contribution in [0, 0.1) is 12.3 Å².